The van der Waals surface area contributed by atoms with Crippen LogP contribution in [0.5, 0.6) is 0 Å². The Labute approximate surface area is 256 Å². The largest absolute Gasteiger partial charge is 0.456 e. The minimum Gasteiger partial charge on any atom is -0.456 e. The lowest BCUT2D eigenvalue weighted by molar-refractivity contribution is 0.669. The van der Waals surface area contributed by atoms with Crippen LogP contribution in [0, 0.1) is 0 Å². The number of rotatable bonds is 4. The van der Waals surface area contributed by atoms with Gasteiger partial charge in [0.25, 0.3) is 0 Å². The van der Waals surface area contributed by atoms with Crippen LogP contribution in [-0.4, -0.2) is 15.0 Å². The van der Waals surface area contributed by atoms with E-state index in [-0.39, 0.29) is 0 Å². The van der Waals surface area contributed by atoms with Crippen LogP contribution in [0.4, 0.5) is 0 Å². The van der Waals surface area contributed by atoms with Gasteiger partial charge in [0.05, 0.1) is 0 Å². The molecule has 0 atom stereocenters. The van der Waals surface area contributed by atoms with Gasteiger partial charge in [0, 0.05) is 47.6 Å². The first kappa shape index (κ1) is 24.9. The molecule has 0 bridgehead atoms. The zero-order chi connectivity index (χ0) is 29.0. The Morgan fingerprint density at radius 1 is 0.409 bits per heavy atom. The smallest absolute Gasteiger partial charge is 0.164 e. The Morgan fingerprint density at radius 3 is 1.80 bits per heavy atom. The first-order valence-corrected chi connectivity index (χ1v) is 15.3. The van der Waals surface area contributed by atoms with Crippen molar-refractivity contribution in [1.82, 2.24) is 15.0 Å². The molecule has 0 N–H and O–H groups in total. The second-order valence-electron chi connectivity index (χ2n) is 10.8. The second kappa shape index (κ2) is 9.97. The molecule has 0 radical (unpaired) electrons. The van der Waals surface area contributed by atoms with E-state index in [1.54, 1.807) is 11.3 Å². The number of hydrogen-bond acceptors (Lipinski definition) is 5. The fraction of sp³-hybridized carbons (Fsp3) is 0. The number of para-hydroxylation sites is 1. The van der Waals surface area contributed by atoms with Gasteiger partial charge in [-0.15, -0.1) is 11.3 Å². The summed E-state index contributed by atoms with van der Waals surface area (Å²) in [7, 11) is 0. The summed E-state index contributed by atoms with van der Waals surface area (Å²) in [5, 5.41) is 4.70. The summed E-state index contributed by atoms with van der Waals surface area (Å²) in [5.41, 5.74) is 6.93. The maximum Gasteiger partial charge on any atom is 0.164 e. The minimum absolute atomic E-state index is 0.610. The molecule has 0 aliphatic carbocycles. The zero-order valence-corrected chi connectivity index (χ0v) is 24.3. The van der Waals surface area contributed by atoms with E-state index < -0.39 is 0 Å². The highest BCUT2D eigenvalue weighted by Gasteiger charge is 2.16. The van der Waals surface area contributed by atoms with E-state index >= 15 is 0 Å². The van der Waals surface area contributed by atoms with Crippen LogP contribution < -0.4 is 0 Å². The van der Waals surface area contributed by atoms with Crippen molar-refractivity contribution in [3.05, 3.63) is 140 Å². The molecule has 0 aliphatic heterocycles. The van der Waals surface area contributed by atoms with Crippen LogP contribution in [0.15, 0.2) is 144 Å². The quantitative estimate of drug-likeness (QED) is 0.207. The molecule has 0 saturated heterocycles. The number of fused-ring (bicyclic) bond motifs is 6. The molecule has 9 aromatic rings. The molecule has 3 aromatic heterocycles. The molecule has 9 rings (SSSR count). The highest BCUT2D eigenvalue weighted by Crippen LogP contribution is 2.41. The van der Waals surface area contributed by atoms with Gasteiger partial charge in [-0.3, -0.25) is 0 Å². The van der Waals surface area contributed by atoms with E-state index in [2.05, 4.69) is 84.9 Å². The van der Waals surface area contributed by atoms with Gasteiger partial charge in [-0.25, -0.2) is 15.0 Å². The number of thiophene rings is 1. The molecule has 206 valence electrons. The Kier molecular flexibility index (Phi) is 5.64. The molecular formula is C39H23N3OS. The van der Waals surface area contributed by atoms with Crippen LogP contribution in [0.1, 0.15) is 0 Å². The Hall–Kier alpha value is -5.65. The van der Waals surface area contributed by atoms with Gasteiger partial charge in [-0.2, -0.15) is 0 Å². The van der Waals surface area contributed by atoms with Gasteiger partial charge in [0.2, 0.25) is 0 Å². The van der Waals surface area contributed by atoms with Crippen LogP contribution >= 0.6 is 11.3 Å². The maximum absolute atomic E-state index is 6.19. The predicted molar refractivity (Wildman–Crippen MR) is 182 cm³/mol. The van der Waals surface area contributed by atoms with Crippen molar-refractivity contribution >= 4 is 53.4 Å². The highest BCUT2D eigenvalue weighted by molar-refractivity contribution is 7.26. The number of hydrogen-bond donors (Lipinski definition) is 0. The number of benzene rings is 6. The molecule has 0 unspecified atom stereocenters. The third-order valence-corrected chi connectivity index (χ3v) is 9.26. The molecule has 3 heterocycles. The molecule has 4 nitrogen and oxygen atoms in total. The third-order valence-electron chi connectivity index (χ3n) is 8.14. The number of aromatic nitrogens is 3. The van der Waals surface area contributed by atoms with E-state index in [0.717, 1.165) is 38.6 Å². The fourth-order valence-electron chi connectivity index (χ4n) is 6.04. The van der Waals surface area contributed by atoms with E-state index in [0.29, 0.717) is 17.5 Å². The summed E-state index contributed by atoms with van der Waals surface area (Å²) in [5.74, 6) is 1.89. The number of furan rings is 1. The lowest BCUT2D eigenvalue weighted by Gasteiger charge is -2.09. The molecule has 0 aliphatic rings. The minimum atomic E-state index is 0.610. The van der Waals surface area contributed by atoms with Crippen LogP contribution in [0.2, 0.25) is 0 Å². The highest BCUT2D eigenvalue weighted by atomic mass is 32.1. The van der Waals surface area contributed by atoms with Crippen molar-refractivity contribution in [1.29, 1.82) is 0 Å². The summed E-state index contributed by atoms with van der Waals surface area (Å²) in [6.07, 6.45) is 0. The van der Waals surface area contributed by atoms with Crippen molar-refractivity contribution in [2.75, 3.05) is 0 Å². The van der Waals surface area contributed by atoms with E-state index in [1.807, 2.05) is 54.6 Å². The lowest BCUT2D eigenvalue weighted by atomic mass is 9.99. The molecule has 5 heteroatoms. The van der Waals surface area contributed by atoms with Crippen LogP contribution in [-0.2, 0) is 0 Å². The predicted octanol–water partition coefficient (Wildman–Crippen LogP) is 10.8. The first-order valence-electron chi connectivity index (χ1n) is 14.5. The molecule has 0 spiro atoms. The summed E-state index contributed by atoms with van der Waals surface area (Å²) >= 11 is 1.80. The second-order valence-corrected chi connectivity index (χ2v) is 11.9. The van der Waals surface area contributed by atoms with Crippen LogP contribution in [0.25, 0.3) is 87.4 Å². The average Bonchev–Trinajstić information content (AvgIpc) is 3.66. The summed E-state index contributed by atoms with van der Waals surface area (Å²) in [6.45, 7) is 0. The third kappa shape index (κ3) is 4.09. The molecule has 0 fully saturated rings. The Balaban J connectivity index is 1.22. The SMILES string of the molecule is c1ccc(-c2nc(-c3ccc4c(c3)oc3ccccc34)nc(-c3ccc4c(c3)sc3cccc(-c5ccccc5)c34)n2)cc1. The summed E-state index contributed by atoms with van der Waals surface area (Å²) in [6, 6.07) is 48.1. The van der Waals surface area contributed by atoms with Gasteiger partial charge in [-0.1, -0.05) is 109 Å². The standard InChI is InChI=1S/C39H23N3OS/c1-3-10-24(11-4-1)28-15-9-17-34-36(28)31-21-19-27(23-35(31)44-34)39-41-37(25-12-5-2-6-13-25)40-38(42-39)26-18-20-30-29-14-7-8-16-32(29)43-33(30)22-26/h1-23H. The molecule has 6 aromatic carbocycles. The van der Waals surface area contributed by atoms with Crippen molar-refractivity contribution in [2.24, 2.45) is 0 Å². The molecular weight excluding hydrogens is 559 g/mol. The topological polar surface area (TPSA) is 51.8 Å². The van der Waals surface area contributed by atoms with E-state index in [4.69, 9.17) is 19.4 Å². The van der Waals surface area contributed by atoms with Gasteiger partial charge in [0.15, 0.2) is 17.5 Å². The van der Waals surface area contributed by atoms with E-state index in [9.17, 15) is 0 Å². The summed E-state index contributed by atoms with van der Waals surface area (Å²) in [4.78, 5) is 14.9. The van der Waals surface area contributed by atoms with E-state index in [1.165, 1.54) is 31.3 Å². The van der Waals surface area contributed by atoms with Crippen molar-refractivity contribution < 1.29 is 4.42 Å². The average molecular weight is 582 g/mol. The van der Waals surface area contributed by atoms with Gasteiger partial charge in [-0.05, 0) is 41.5 Å². The Morgan fingerprint density at radius 2 is 1.02 bits per heavy atom. The number of nitrogens with zero attached hydrogens (tertiary/aromatic N) is 3. The molecule has 0 saturated carbocycles. The molecule has 44 heavy (non-hydrogen) atoms. The van der Waals surface area contributed by atoms with Crippen molar-refractivity contribution in [3.63, 3.8) is 0 Å². The van der Waals surface area contributed by atoms with Crippen molar-refractivity contribution in [3.8, 4) is 45.3 Å². The van der Waals surface area contributed by atoms with Gasteiger partial charge >= 0.3 is 0 Å². The van der Waals surface area contributed by atoms with Crippen molar-refractivity contribution in [2.45, 2.75) is 0 Å². The van der Waals surface area contributed by atoms with Gasteiger partial charge < -0.3 is 4.42 Å². The lowest BCUT2D eigenvalue weighted by Crippen LogP contribution is -2.00. The maximum atomic E-state index is 6.19. The first-order chi connectivity index (χ1) is 21.8. The van der Waals surface area contributed by atoms with Crippen LogP contribution in [0.3, 0.4) is 0 Å². The normalized spacial score (nSPS) is 11.6. The Bertz CT molecular complexity index is 2500. The van der Waals surface area contributed by atoms with Gasteiger partial charge in [0.1, 0.15) is 11.2 Å². The molecule has 0 amide bonds. The zero-order valence-electron chi connectivity index (χ0n) is 23.4. The monoisotopic (exact) mass is 581 g/mol. The summed E-state index contributed by atoms with van der Waals surface area (Å²) < 4.78 is 8.66. The fourth-order valence-corrected chi connectivity index (χ4v) is 7.21.